The van der Waals surface area contributed by atoms with E-state index in [4.69, 9.17) is 4.74 Å². The predicted molar refractivity (Wildman–Crippen MR) is 157 cm³/mol. The normalized spacial score (nSPS) is 30.6. The van der Waals surface area contributed by atoms with Gasteiger partial charge in [-0.2, -0.15) is 0 Å². The first-order valence-corrected chi connectivity index (χ1v) is 15.9. The Labute approximate surface area is 239 Å². The summed E-state index contributed by atoms with van der Waals surface area (Å²) in [5, 5.41) is 10.5. The van der Waals surface area contributed by atoms with Crippen molar-refractivity contribution in [1.82, 2.24) is 9.80 Å². The van der Waals surface area contributed by atoms with Gasteiger partial charge in [0.15, 0.2) is 0 Å². The van der Waals surface area contributed by atoms with Crippen LogP contribution >= 0.6 is 11.8 Å². The molecular formula is C31H50N2O5S. The van der Waals surface area contributed by atoms with E-state index in [9.17, 15) is 19.5 Å². The summed E-state index contributed by atoms with van der Waals surface area (Å²) in [5.41, 5.74) is 0. The Kier molecular flexibility index (Phi) is 11.6. The quantitative estimate of drug-likeness (QED) is 0.155. The van der Waals surface area contributed by atoms with E-state index in [0.29, 0.717) is 19.7 Å². The number of carbonyl (C=O) groups excluding carboxylic acids is 3. The van der Waals surface area contributed by atoms with Crippen molar-refractivity contribution in [1.29, 1.82) is 0 Å². The van der Waals surface area contributed by atoms with Crippen LogP contribution in [0.25, 0.3) is 0 Å². The highest BCUT2D eigenvalue weighted by Crippen LogP contribution is 2.69. The van der Waals surface area contributed by atoms with Crippen molar-refractivity contribution in [3.05, 3.63) is 25.3 Å². The first-order valence-electron chi connectivity index (χ1n) is 15.0. The second-order valence-corrected chi connectivity index (χ2v) is 13.2. The van der Waals surface area contributed by atoms with Crippen LogP contribution in [0.5, 0.6) is 0 Å². The minimum atomic E-state index is -0.724. The molecular weight excluding hydrogens is 512 g/mol. The summed E-state index contributed by atoms with van der Waals surface area (Å²) in [7, 11) is 0. The lowest BCUT2D eigenvalue weighted by molar-refractivity contribution is -0.155. The monoisotopic (exact) mass is 562 g/mol. The van der Waals surface area contributed by atoms with Crippen LogP contribution in [0, 0.1) is 23.7 Å². The van der Waals surface area contributed by atoms with Gasteiger partial charge in [-0.25, -0.2) is 0 Å². The van der Waals surface area contributed by atoms with Crippen molar-refractivity contribution in [3.8, 4) is 0 Å². The van der Waals surface area contributed by atoms with Crippen LogP contribution in [0.2, 0.25) is 0 Å². The Bertz CT molecular complexity index is 896. The molecule has 1 spiro atoms. The molecule has 3 saturated heterocycles. The zero-order valence-corrected chi connectivity index (χ0v) is 25.3. The number of rotatable bonds is 17. The molecule has 7 nitrogen and oxygen atoms in total. The van der Waals surface area contributed by atoms with E-state index in [2.05, 4.69) is 27.0 Å². The number of ether oxygens (including phenoxy) is 1. The Balaban J connectivity index is 2.01. The predicted octanol–water partition coefficient (Wildman–Crippen LogP) is 4.83. The highest BCUT2D eigenvalue weighted by Gasteiger charge is 2.77. The maximum Gasteiger partial charge on any atom is 0.310 e. The van der Waals surface area contributed by atoms with Crippen LogP contribution in [0.15, 0.2) is 25.3 Å². The molecule has 8 atom stereocenters. The van der Waals surface area contributed by atoms with E-state index in [1.165, 1.54) is 0 Å². The lowest BCUT2D eigenvalue weighted by atomic mass is 9.66. The maximum atomic E-state index is 14.5. The van der Waals surface area contributed by atoms with Crippen LogP contribution in [0.3, 0.4) is 0 Å². The second kappa shape index (κ2) is 14.2. The van der Waals surface area contributed by atoms with Crippen molar-refractivity contribution in [2.24, 2.45) is 23.7 Å². The van der Waals surface area contributed by atoms with E-state index >= 15 is 0 Å². The minimum Gasteiger partial charge on any atom is -0.465 e. The molecule has 3 heterocycles. The Hall–Kier alpha value is -1.80. The number of esters is 1. The number of allylic oxidation sites excluding steroid dienone is 1. The Morgan fingerprint density at radius 1 is 1.23 bits per heavy atom. The van der Waals surface area contributed by atoms with Gasteiger partial charge >= 0.3 is 5.97 Å². The molecule has 3 fully saturated rings. The lowest BCUT2D eigenvalue weighted by Gasteiger charge is -2.43. The molecule has 2 bridgehead atoms. The first-order chi connectivity index (χ1) is 18.7. The molecule has 0 aromatic carbocycles. The molecule has 0 saturated carbocycles. The zero-order valence-electron chi connectivity index (χ0n) is 24.5. The summed E-state index contributed by atoms with van der Waals surface area (Å²) in [6.45, 7) is 17.1. The van der Waals surface area contributed by atoms with E-state index in [1.54, 1.807) is 22.7 Å². The number of hydrogen-bond donors (Lipinski definition) is 1. The molecule has 3 aliphatic heterocycles. The van der Waals surface area contributed by atoms with Gasteiger partial charge in [0.1, 0.15) is 6.04 Å². The number of thioether (sulfide) groups is 1. The van der Waals surface area contributed by atoms with Gasteiger partial charge in [-0.15, -0.1) is 24.9 Å². The molecule has 0 radical (unpaired) electrons. The molecule has 2 amide bonds. The molecule has 0 aromatic rings. The highest BCUT2D eigenvalue weighted by molar-refractivity contribution is 8.02. The smallest absolute Gasteiger partial charge is 0.310 e. The molecule has 3 aliphatic rings. The Morgan fingerprint density at radius 3 is 2.59 bits per heavy atom. The summed E-state index contributed by atoms with van der Waals surface area (Å²) in [6, 6.07) is -1.21. The number of fused-ring (bicyclic) bond motifs is 1. The van der Waals surface area contributed by atoms with Crippen LogP contribution in [-0.2, 0) is 19.1 Å². The van der Waals surface area contributed by atoms with Gasteiger partial charge in [0.05, 0.1) is 35.8 Å². The van der Waals surface area contributed by atoms with Crippen LogP contribution in [0.4, 0.5) is 0 Å². The highest BCUT2D eigenvalue weighted by atomic mass is 32.2. The van der Waals surface area contributed by atoms with Crippen LogP contribution in [0.1, 0.15) is 79.1 Å². The summed E-state index contributed by atoms with van der Waals surface area (Å²) >= 11 is 1.66. The number of unbranched alkanes of at least 4 members (excludes halogenated alkanes) is 4. The fraction of sp³-hybridized carbons (Fsp3) is 0.774. The number of carbonyl (C=O) groups is 3. The van der Waals surface area contributed by atoms with Gasteiger partial charge in [0.25, 0.3) is 0 Å². The number of likely N-dealkylation sites (tertiary alicyclic amines) is 1. The third-order valence-corrected chi connectivity index (χ3v) is 11.4. The summed E-state index contributed by atoms with van der Waals surface area (Å²) < 4.78 is 5.02. The zero-order chi connectivity index (χ0) is 28.7. The van der Waals surface area contributed by atoms with Gasteiger partial charge in [-0.05, 0) is 43.9 Å². The topological polar surface area (TPSA) is 87.1 Å². The fourth-order valence-corrected chi connectivity index (χ4v) is 9.40. The van der Waals surface area contributed by atoms with Crippen LogP contribution in [-0.4, -0.2) is 81.1 Å². The molecule has 0 aliphatic carbocycles. The summed E-state index contributed by atoms with van der Waals surface area (Å²) in [5.74, 6) is -1.68. The van der Waals surface area contributed by atoms with Crippen LogP contribution < -0.4 is 0 Å². The first kappa shape index (κ1) is 31.7. The second-order valence-electron chi connectivity index (χ2n) is 11.7. The average molecular weight is 563 g/mol. The molecule has 1 N–H and O–H groups in total. The molecule has 0 aromatic heterocycles. The number of amides is 2. The molecule has 3 rings (SSSR count). The molecule has 220 valence electrons. The van der Waals surface area contributed by atoms with Gasteiger partial charge in [0, 0.05) is 18.3 Å². The summed E-state index contributed by atoms with van der Waals surface area (Å²) in [4.78, 5) is 46.0. The molecule has 3 unspecified atom stereocenters. The number of aliphatic hydroxyl groups is 1. The van der Waals surface area contributed by atoms with E-state index in [-0.39, 0.29) is 41.5 Å². The average Bonchev–Trinajstić information content (AvgIpc) is 3.52. The van der Waals surface area contributed by atoms with E-state index in [1.807, 2.05) is 24.8 Å². The lowest BCUT2D eigenvalue weighted by Crippen LogP contribution is -2.60. The van der Waals surface area contributed by atoms with Gasteiger partial charge in [0.2, 0.25) is 11.8 Å². The van der Waals surface area contributed by atoms with E-state index in [0.717, 1.165) is 51.4 Å². The number of aliphatic hydroxyl groups excluding tert-OH is 1. The maximum absolute atomic E-state index is 14.5. The van der Waals surface area contributed by atoms with Gasteiger partial charge in [-0.1, -0.05) is 59.1 Å². The Morgan fingerprint density at radius 2 is 1.97 bits per heavy atom. The standard InChI is InChI=1S/C31H50N2O5S/c1-7-11-13-15-18-38-30(37)25-24-19-22(6)31(39-24)26(25)28(35)33(23(20-34)21(5)10-4)27(31)29(36)32(16-9-3)17-14-12-8-2/h7,9,21-27,34H,1,3,8,10-20H2,2,4-6H3/t21-,22?,23-,24+,25-,26-,27?,31?/m0/s1. The van der Waals surface area contributed by atoms with Crippen molar-refractivity contribution < 1.29 is 24.2 Å². The van der Waals surface area contributed by atoms with Crippen molar-refractivity contribution in [2.75, 3.05) is 26.3 Å². The SMILES string of the molecule is C=CCCCCOC(=O)[C@@H]1[C@H]2C(=O)N([C@@H](CO)[C@@H](C)CC)C(C(=O)N(CC=C)CCCCC)C23S[C@@H]1CC3C. The van der Waals surface area contributed by atoms with Crippen molar-refractivity contribution in [3.63, 3.8) is 0 Å². The van der Waals surface area contributed by atoms with Crippen molar-refractivity contribution in [2.45, 2.75) is 101 Å². The third kappa shape index (κ3) is 5.97. The van der Waals surface area contributed by atoms with Gasteiger partial charge in [-0.3, -0.25) is 14.4 Å². The third-order valence-electron chi connectivity index (χ3n) is 9.27. The van der Waals surface area contributed by atoms with Crippen molar-refractivity contribution >= 4 is 29.5 Å². The summed E-state index contributed by atoms with van der Waals surface area (Å²) in [6.07, 6.45) is 10.6. The fourth-order valence-electron chi connectivity index (χ4n) is 7.01. The molecule has 39 heavy (non-hydrogen) atoms. The van der Waals surface area contributed by atoms with E-state index < -0.39 is 28.7 Å². The van der Waals surface area contributed by atoms with Gasteiger partial charge < -0.3 is 19.6 Å². The largest absolute Gasteiger partial charge is 0.465 e. The number of nitrogens with zero attached hydrogens (tertiary/aromatic N) is 2. The number of hydrogen-bond acceptors (Lipinski definition) is 6. The molecule has 8 heteroatoms. The minimum absolute atomic E-state index is 0.00481.